The summed E-state index contributed by atoms with van der Waals surface area (Å²) in [4.78, 5) is 28.1. The Labute approximate surface area is 221 Å². The molecule has 2 N–H and O–H groups in total. The van der Waals surface area contributed by atoms with E-state index in [0.717, 1.165) is 12.1 Å². The van der Waals surface area contributed by atoms with Crippen LogP contribution in [0, 0.1) is 0 Å². The van der Waals surface area contributed by atoms with Crippen molar-refractivity contribution < 1.29 is 28.5 Å². The molecule has 9 nitrogen and oxygen atoms in total. The third kappa shape index (κ3) is 6.00. The Hall–Kier alpha value is -4.24. The Kier molecular flexibility index (Phi) is 7.65. The first-order valence-corrected chi connectivity index (χ1v) is 12.5. The van der Waals surface area contributed by atoms with Gasteiger partial charge in [0.15, 0.2) is 6.61 Å². The van der Waals surface area contributed by atoms with Crippen LogP contribution in [0.15, 0.2) is 66.7 Å². The van der Waals surface area contributed by atoms with Crippen molar-refractivity contribution in [2.75, 3.05) is 33.9 Å². The first-order chi connectivity index (χ1) is 18.5. The second-order valence-electron chi connectivity index (χ2n) is 9.35. The zero-order valence-corrected chi connectivity index (χ0v) is 21.4. The maximum absolute atomic E-state index is 13.4. The summed E-state index contributed by atoms with van der Waals surface area (Å²) in [7, 11) is 3.10. The molecule has 6 rings (SSSR count). The summed E-state index contributed by atoms with van der Waals surface area (Å²) in [6.45, 7) is 2.05. The lowest BCUT2D eigenvalue weighted by Crippen LogP contribution is -2.45. The van der Waals surface area contributed by atoms with E-state index in [-0.39, 0.29) is 37.1 Å². The molecule has 1 saturated heterocycles. The SMILES string of the molecule is COc1cc2cc(c1)C(=O)N[C@H]1CN(Cc3ccccc3)C[C@@H]1Oc1ccc(c(OC)c1)CNC(=O)CO2. The number of methoxy groups -OCH3 is 2. The molecule has 3 heterocycles. The van der Waals surface area contributed by atoms with Crippen LogP contribution in [0.4, 0.5) is 0 Å². The van der Waals surface area contributed by atoms with E-state index in [1.54, 1.807) is 25.3 Å². The van der Waals surface area contributed by atoms with Crippen LogP contribution in [0.1, 0.15) is 21.5 Å². The van der Waals surface area contributed by atoms with Gasteiger partial charge in [0.2, 0.25) is 0 Å². The van der Waals surface area contributed by atoms with Crippen molar-refractivity contribution in [1.82, 2.24) is 15.5 Å². The number of hydrogen-bond donors (Lipinski definition) is 2. The minimum absolute atomic E-state index is 0.211. The molecule has 0 saturated carbocycles. The Bertz CT molecular complexity index is 1300. The highest BCUT2D eigenvalue weighted by Gasteiger charge is 2.36. The smallest absolute Gasteiger partial charge is 0.258 e. The maximum atomic E-state index is 13.4. The summed E-state index contributed by atoms with van der Waals surface area (Å²) in [5.41, 5.74) is 2.37. The van der Waals surface area contributed by atoms with Crippen LogP contribution in [0.3, 0.4) is 0 Å². The van der Waals surface area contributed by atoms with Gasteiger partial charge in [-0.15, -0.1) is 0 Å². The lowest BCUT2D eigenvalue weighted by Gasteiger charge is -2.22. The normalized spacial score (nSPS) is 19.8. The van der Waals surface area contributed by atoms with E-state index in [4.69, 9.17) is 18.9 Å². The standard InChI is InChI=1S/C29H31N3O6/c1-35-23-10-21-11-24(12-23)37-18-28(33)30-14-20-8-9-22(13-26(20)36-2)38-27-17-32(16-25(27)31-29(21)34)15-19-6-4-3-5-7-19/h3-13,25,27H,14-18H2,1-2H3,(H,30,33)(H,31,34)/t25-,27-/m0/s1. The highest BCUT2D eigenvalue weighted by atomic mass is 16.5. The Balaban J connectivity index is 1.46. The van der Waals surface area contributed by atoms with Gasteiger partial charge >= 0.3 is 0 Å². The number of fused-ring (bicyclic) bond motifs is 7. The number of nitrogens with one attached hydrogen (secondary N) is 2. The molecule has 3 aliphatic rings. The minimum Gasteiger partial charge on any atom is -0.497 e. The van der Waals surface area contributed by atoms with Gasteiger partial charge in [0.25, 0.3) is 11.8 Å². The molecule has 38 heavy (non-hydrogen) atoms. The Morgan fingerprint density at radius 3 is 2.58 bits per heavy atom. The molecule has 2 amide bonds. The van der Waals surface area contributed by atoms with Gasteiger partial charge in [-0.1, -0.05) is 30.3 Å². The molecule has 3 aromatic carbocycles. The predicted molar refractivity (Wildman–Crippen MR) is 141 cm³/mol. The van der Waals surface area contributed by atoms with Gasteiger partial charge in [-0.2, -0.15) is 0 Å². The van der Waals surface area contributed by atoms with E-state index < -0.39 is 0 Å². The number of carbonyl (C=O) groups is 2. The van der Waals surface area contributed by atoms with Crippen molar-refractivity contribution in [3.05, 3.63) is 83.4 Å². The van der Waals surface area contributed by atoms with Crippen molar-refractivity contribution in [2.24, 2.45) is 0 Å². The first kappa shape index (κ1) is 25.4. The zero-order chi connectivity index (χ0) is 26.5. The monoisotopic (exact) mass is 517 g/mol. The predicted octanol–water partition coefficient (Wildman–Crippen LogP) is 2.77. The van der Waals surface area contributed by atoms with Crippen molar-refractivity contribution >= 4 is 11.8 Å². The van der Waals surface area contributed by atoms with E-state index in [9.17, 15) is 9.59 Å². The fourth-order valence-electron chi connectivity index (χ4n) is 4.75. The van der Waals surface area contributed by atoms with E-state index >= 15 is 0 Å². The molecule has 9 heteroatoms. The summed E-state index contributed by atoms with van der Waals surface area (Å²) in [6.07, 6.45) is -0.296. The quantitative estimate of drug-likeness (QED) is 0.549. The molecular weight excluding hydrogens is 486 g/mol. The molecule has 0 aromatic heterocycles. The summed E-state index contributed by atoms with van der Waals surface area (Å²) in [6, 6.07) is 20.4. The minimum atomic E-state index is -0.307. The van der Waals surface area contributed by atoms with Crippen LogP contribution in [0.2, 0.25) is 0 Å². The number of nitrogens with zero attached hydrogens (tertiary/aromatic N) is 1. The van der Waals surface area contributed by atoms with Crippen LogP contribution >= 0.6 is 0 Å². The number of benzene rings is 3. The number of hydrogen-bond acceptors (Lipinski definition) is 7. The number of amides is 2. The van der Waals surface area contributed by atoms with Gasteiger partial charge < -0.3 is 29.6 Å². The third-order valence-electron chi connectivity index (χ3n) is 6.68. The molecule has 1 fully saturated rings. The maximum Gasteiger partial charge on any atom is 0.258 e. The molecule has 3 aromatic rings. The largest absolute Gasteiger partial charge is 0.497 e. The van der Waals surface area contributed by atoms with Gasteiger partial charge in [0.1, 0.15) is 29.1 Å². The molecule has 3 aliphatic heterocycles. The highest BCUT2D eigenvalue weighted by molar-refractivity contribution is 5.95. The van der Waals surface area contributed by atoms with Crippen molar-refractivity contribution in [1.29, 1.82) is 0 Å². The molecule has 198 valence electrons. The summed E-state index contributed by atoms with van der Waals surface area (Å²) in [5, 5.41) is 5.99. The highest BCUT2D eigenvalue weighted by Crippen LogP contribution is 2.28. The molecule has 0 radical (unpaired) electrons. The lowest BCUT2D eigenvalue weighted by molar-refractivity contribution is -0.123. The van der Waals surface area contributed by atoms with Crippen LogP contribution in [0.5, 0.6) is 23.0 Å². The average Bonchev–Trinajstić information content (AvgIpc) is 3.30. The second-order valence-corrected chi connectivity index (χ2v) is 9.35. The molecule has 0 aliphatic carbocycles. The second kappa shape index (κ2) is 11.4. The Morgan fingerprint density at radius 2 is 1.79 bits per heavy atom. The molecular formula is C29H31N3O6. The Morgan fingerprint density at radius 1 is 0.947 bits per heavy atom. The van der Waals surface area contributed by atoms with Crippen LogP contribution in [-0.2, 0) is 17.9 Å². The summed E-state index contributed by atoms with van der Waals surface area (Å²) in [5.74, 6) is 1.45. The summed E-state index contributed by atoms with van der Waals surface area (Å²) >= 11 is 0. The van der Waals surface area contributed by atoms with E-state index in [2.05, 4.69) is 27.7 Å². The van der Waals surface area contributed by atoms with Crippen LogP contribution < -0.4 is 29.6 Å². The fourth-order valence-corrected chi connectivity index (χ4v) is 4.75. The van der Waals surface area contributed by atoms with E-state index in [1.165, 1.54) is 12.7 Å². The van der Waals surface area contributed by atoms with Gasteiger partial charge in [-0.05, 0) is 29.8 Å². The lowest BCUT2D eigenvalue weighted by atomic mass is 10.1. The first-order valence-electron chi connectivity index (χ1n) is 12.5. The van der Waals surface area contributed by atoms with E-state index in [1.807, 2.05) is 36.4 Å². The van der Waals surface area contributed by atoms with Crippen LogP contribution in [0.25, 0.3) is 0 Å². The number of rotatable bonds is 4. The molecule has 4 bridgehead atoms. The molecule has 2 atom stereocenters. The van der Waals surface area contributed by atoms with Crippen molar-refractivity contribution in [3.8, 4) is 23.0 Å². The third-order valence-corrected chi connectivity index (χ3v) is 6.68. The van der Waals surface area contributed by atoms with Gasteiger partial charge in [-0.25, -0.2) is 0 Å². The van der Waals surface area contributed by atoms with Crippen molar-refractivity contribution in [2.45, 2.75) is 25.2 Å². The van der Waals surface area contributed by atoms with Gasteiger partial charge in [0, 0.05) is 49.4 Å². The molecule has 0 unspecified atom stereocenters. The zero-order valence-electron chi connectivity index (χ0n) is 21.4. The van der Waals surface area contributed by atoms with Crippen LogP contribution in [-0.4, -0.2) is 62.8 Å². The van der Waals surface area contributed by atoms with Gasteiger partial charge in [-0.3, -0.25) is 14.5 Å². The van der Waals surface area contributed by atoms with Crippen molar-refractivity contribution in [3.63, 3.8) is 0 Å². The fraction of sp³-hybridized carbons (Fsp3) is 0.310. The van der Waals surface area contributed by atoms with Gasteiger partial charge in [0.05, 0.1) is 20.3 Å². The average molecular weight is 518 g/mol. The molecule has 0 spiro atoms. The van der Waals surface area contributed by atoms with E-state index in [0.29, 0.717) is 41.7 Å². The number of ether oxygens (including phenoxy) is 4. The topological polar surface area (TPSA) is 98.4 Å². The summed E-state index contributed by atoms with van der Waals surface area (Å²) < 4.78 is 23.1. The number of likely N-dealkylation sites (tertiary alicyclic amines) is 1. The number of carbonyl (C=O) groups excluding carboxylic acids is 2.